The summed E-state index contributed by atoms with van der Waals surface area (Å²) in [5.41, 5.74) is 14.6. The number of nitrogens with one attached hydrogen (secondary N) is 1. The Morgan fingerprint density at radius 3 is 2.70 bits per heavy atom. The highest BCUT2D eigenvalue weighted by atomic mass is 15.1. The van der Waals surface area contributed by atoms with Crippen molar-refractivity contribution in [2.45, 2.75) is 13.8 Å². The monoisotopic (exact) mass is 304 g/mol. The number of azide groups is 1. The van der Waals surface area contributed by atoms with Gasteiger partial charge < -0.3 is 9.72 Å². The van der Waals surface area contributed by atoms with Crippen molar-refractivity contribution < 1.29 is 0 Å². The average molecular weight is 304 g/mol. The normalized spacial score (nSPS) is 10.3. The molecule has 23 heavy (non-hydrogen) atoms. The smallest absolute Gasteiger partial charge is 0.146 e. The van der Waals surface area contributed by atoms with Crippen molar-refractivity contribution in [2.75, 3.05) is 5.32 Å². The molecule has 0 bridgehead atoms. The second-order valence-corrected chi connectivity index (χ2v) is 5.30. The maximum Gasteiger partial charge on any atom is 0.146 e. The Bertz CT molecular complexity index is 930. The van der Waals surface area contributed by atoms with Crippen molar-refractivity contribution in [1.82, 2.24) is 9.38 Å². The van der Waals surface area contributed by atoms with E-state index >= 15 is 0 Å². The van der Waals surface area contributed by atoms with E-state index in [1.54, 1.807) is 12.1 Å². The summed E-state index contributed by atoms with van der Waals surface area (Å²) in [5.74, 6) is 0. The van der Waals surface area contributed by atoms with Crippen molar-refractivity contribution in [1.29, 1.82) is 0 Å². The van der Waals surface area contributed by atoms with Crippen LogP contribution >= 0.6 is 0 Å². The molecule has 0 atom stereocenters. The molecule has 0 radical (unpaired) electrons. The van der Waals surface area contributed by atoms with E-state index < -0.39 is 0 Å². The molecule has 0 unspecified atom stereocenters. The first-order chi connectivity index (χ1) is 11.1. The lowest BCUT2D eigenvalue weighted by Crippen LogP contribution is -2.00. The Hall–Kier alpha value is -3.24. The predicted octanol–water partition coefficient (Wildman–Crippen LogP) is 4.98. The van der Waals surface area contributed by atoms with Crippen LogP contribution in [0, 0.1) is 13.8 Å². The second kappa shape index (κ2) is 5.87. The zero-order chi connectivity index (χ0) is 16.4. The summed E-state index contributed by atoms with van der Waals surface area (Å²) in [4.78, 5) is 7.37. The number of hydrogen-bond acceptors (Lipinski definition) is 3. The maximum absolute atomic E-state index is 8.42. The van der Waals surface area contributed by atoms with Crippen LogP contribution in [0.5, 0.6) is 0 Å². The molecule has 0 spiro atoms. The fraction of sp³-hybridized carbons (Fsp3) is 0.118. The van der Waals surface area contributed by atoms with E-state index in [-0.39, 0.29) is 0 Å². The third kappa shape index (κ3) is 2.88. The van der Waals surface area contributed by atoms with Crippen LogP contribution in [0.3, 0.4) is 0 Å². The van der Waals surface area contributed by atoms with Gasteiger partial charge in [0.05, 0.1) is 0 Å². The molecule has 2 aromatic heterocycles. The first-order valence-corrected chi connectivity index (χ1v) is 7.15. The minimum Gasteiger partial charge on any atom is -0.355 e. The zero-order valence-corrected chi connectivity index (χ0v) is 13.0. The minimum absolute atomic E-state index is 0.575. The number of nitrogens with zero attached hydrogens (tertiary/aromatic N) is 5. The average Bonchev–Trinajstić information content (AvgIpc) is 2.93. The van der Waals surface area contributed by atoms with Gasteiger partial charge in [-0.3, -0.25) is 0 Å². The van der Waals surface area contributed by atoms with Gasteiger partial charge in [0.1, 0.15) is 5.65 Å². The molecule has 0 saturated heterocycles. The fourth-order valence-corrected chi connectivity index (χ4v) is 2.53. The molecule has 3 aromatic rings. The van der Waals surface area contributed by atoms with Crippen LogP contribution in [0.4, 0.5) is 11.4 Å². The Balaban J connectivity index is 1.90. The van der Waals surface area contributed by atoms with Gasteiger partial charge in [-0.2, -0.15) is 0 Å². The van der Waals surface area contributed by atoms with Crippen LogP contribution in [-0.4, -0.2) is 9.38 Å². The van der Waals surface area contributed by atoms with Gasteiger partial charge in [0, 0.05) is 45.1 Å². The molecule has 114 valence electrons. The summed E-state index contributed by atoms with van der Waals surface area (Å²) in [7, 11) is 0. The predicted molar refractivity (Wildman–Crippen MR) is 92.6 cm³/mol. The number of anilines is 1. The number of aryl methyl sites for hydroxylation is 2. The van der Waals surface area contributed by atoms with E-state index in [0.29, 0.717) is 5.69 Å². The Labute approximate surface area is 133 Å². The molecule has 0 aliphatic heterocycles. The molecule has 2 heterocycles. The minimum atomic E-state index is 0.575. The van der Waals surface area contributed by atoms with E-state index in [0.717, 1.165) is 34.0 Å². The quantitative estimate of drug-likeness (QED) is 0.419. The third-order valence-corrected chi connectivity index (χ3v) is 3.59. The van der Waals surface area contributed by atoms with Crippen molar-refractivity contribution in [3.8, 4) is 0 Å². The van der Waals surface area contributed by atoms with Gasteiger partial charge in [-0.15, -0.1) is 0 Å². The molecule has 6 heteroatoms. The summed E-state index contributed by atoms with van der Waals surface area (Å²) in [6.45, 7) is 8.15. The van der Waals surface area contributed by atoms with Crippen LogP contribution in [-0.2, 0) is 0 Å². The SMILES string of the molecule is C=C(Nc1ccc(N=[N+]=[N-])cc1)c1ccn2c(C)cc(C)nc12. The molecule has 0 saturated carbocycles. The lowest BCUT2D eigenvalue weighted by Gasteiger charge is -2.10. The summed E-state index contributed by atoms with van der Waals surface area (Å²) in [6.07, 6.45) is 1.99. The maximum atomic E-state index is 8.42. The van der Waals surface area contributed by atoms with Crippen molar-refractivity contribution >= 4 is 22.7 Å². The van der Waals surface area contributed by atoms with Crippen LogP contribution in [0.1, 0.15) is 17.0 Å². The van der Waals surface area contributed by atoms with Gasteiger partial charge in [0.2, 0.25) is 0 Å². The molecule has 0 fully saturated rings. The summed E-state index contributed by atoms with van der Waals surface area (Å²) in [6, 6.07) is 11.2. The highest BCUT2D eigenvalue weighted by molar-refractivity contribution is 5.82. The van der Waals surface area contributed by atoms with Gasteiger partial charge in [-0.1, -0.05) is 23.8 Å². The van der Waals surface area contributed by atoms with Gasteiger partial charge >= 0.3 is 0 Å². The largest absolute Gasteiger partial charge is 0.355 e. The molecule has 0 aliphatic rings. The molecular formula is C17H16N6. The molecule has 0 aliphatic carbocycles. The van der Waals surface area contributed by atoms with E-state index in [2.05, 4.69) is 33.8 Å². The fourth-order valence-electron chi connectivity index (χ4n) is 2.53. The highest BCUT2D eigenvalue weighted by Gasteiger charge is 2.10. The van der Waals surface area contributed by atoms with Crippen LogP contribution in [0.2, 0.25) is 0 Å². The lowest BCUT2D eigenvalue weighted by molar-refractivity contribution is 1.03. The van der Waals surface area contributed by atoms with Crippen LogP contribution < -0.4 is 5.32 Å². The Morgan fingerprint density at radius 1 is 1.26 bits per heavy atom. The Morgan fingerprint density at radius 2 is 2.00 bits per heavy atom. The van der Waals surface area contributed by atoms with Crippen LogP contribution in [0.15, 0.2) is 54.3 Å². The van der Waals surface area contributed by atoms with Gasteiger partial charge in [0.15, 0.2) is 0 Å². The first-order valence-electron chi connectivity index (χ1n) is 7.15. The highest BCUT2D eigenvalue weighted by Crippen LogP contribution is 2.24. The number of hydrogen-bond donors (Lipinski definition) is 1. The topological polar surface area (TPSA) is 78.1 Å². The van der Waals surface area contributed by atoms with Crippen molar-refractivity contribution in [2.24, 2.45) is 5.11 Å². The van der Waals surface area contributed by atoms with E-state index in [9.17, 15) is 0 Å². The summed E-state index contributed by atoms with van der Waals surface area (Å²) in [5, 5.41) is 6.82. The molecule has 3 rings (SSSR count). The molecule has 1 N–H and O–H groups in total. The summed E-state index contributed by atoms with van der Waals surface area (Å²) < 4.78 is 2.04. The lowest BCUT2D eigenvalue weighted by atomic mass is 10.2. The number of benzene rings is 1. The second-order valence-electron chi connectivity index (χ2n) is 5.30. The zero-order valence-electron chi connectivity index (χ0n) is 13.0. The molecule has 6 nitrogen and oxygen atoms in total. The Kier molecular flexibility index (Phi) is 3.75. The third-order valence-electron chi connectivity index (χ3n) is 3.59. The molecule has 0 amide bonds. The van der Waals surface area contributed by atoms with Gasteiger partial charge in [-0.25, -0.2) is 4.98 Å². The summed E-state index contributed by atoms with van der Waals surface area (Å²) >= 11 is 0. The number of rotatable bonds is 4. The van der Waals surface area contributed by atoms with Gasteiger partial charge in [0.25, 0.3) is 0 Å². The van der Waals surface area contributed by atoms with Crippen molar-refractivity contribution in [3.05, 3.63) is 76.6 Å². The van der Waals surface area contributed by atoms with Crippen molar-refractivity contribution in [3.63, 3.8) is 0 Å². The van der Waals surface area contributed by atoms with E-state index in [1.165, 1.54) is 0 Å². The number of fused-ring (bicyclic) bond motifs is 1. The standard InChI is InChI=1S/C17H16N6/c1-11-10-12(2)23-9-8-16(17(23)19-11)13(3)20-14-4-6-15(7-5-14)21-22-18/h4-10,20H,3H2,1-2H3. The molecular weight excluding hydrogens is 288 g/mol. The first kappa shape index (κ1) is 14.7. The van der Waals surface area contributed by atoms with Crippen LogP contribution in [0.25, 0.3) is 21.8 Å². The van der Waals surface area contributed by atoms with Gasteiger partial charge in [-0.05, 0) is 43.6 Å². The van der Waals surface area contributed by atoms with E-state index in [1.807, 2.05) is 41.8 Å². The molecule has 1 aromatic carbocycles. The van der Waals surface area contributed by atoms with E-state index in [4.69, 9.17) is 5.53 Å². The number of aromatic nitrogens is 2.